The Morgan fingerprint density at radius 1 is 1.53 bits per heavy atom. The van der Waals surface area contributed by atoms with E-state index in [4.69, 9.17) is 9.84 Å². The molecule has 0 bridgehead atoms. The van der Waals surface area contributed by atoms with Crippen LogP contribution in [0.4, 0.5) is 5.95 Å². The average Bonchev–Trinajstić information content (AvgIpc) is 3.18. The van der Waals surface area contributed by atoms with Crippen molar-refractivity contribution in [3.05, 3.63) is 11.8 Å². The Morgan fingerprint density at radius 2 is 2.32 bits per heavy atom. The molecule has 1 aromatic rings. The van der Waals surface area contributed by atoms with Crippen LogP contribution in [0.2, 0.25) is 0 Å². The third kappa shape index (κ3) is 4.73. The van der Waals surface area contributed by atoms with Gasteiger partial charge >= 0.3 is 5.97 Å². The van der Waals surface area contributed by atoms with E-state index >= 15 is 0 Å². The highest BCUT2D eigenvalue weighted by atomic mass is 16.5. The second-order valence-electron chi connectivity index (χ2n) is 4.78. The van der Waals surface area contributed by atoms with Crippen LogP contribution < -0.4 is 10.1 Å². The lowest BCUT2D eigenvalue weighted by Crippen LogP contribution is -2.13. The number of aryl methyl sites for hydroxylation is 1. The molecule has 1 saturated carbocycles. The monoisotopic (exact) mass is 265 g/mol. The number of ether oxygens (including phenoxy) is 1. The number of nitrogens with zero attached hydrogens (tertiary/aromatic N) is 2. The molecule has 6 heteroatoms. The van der Waals surface area contributed by atoms with Gasteiger partial charge in [0.1, 0.15) is 0 Å². The predicted octanol–water partition coefficient (Wildman–Crippen LogP) is 1.71. The van der Waals surface area contributed by atoms with Gasteiger partial charge in [0.15, 0.2) is 6.61 Å². The molecule has 0 radical (unpaired) electrons. The van der Waals surface area contributed by atoms with Crippen LogP contribution in [0.1, 0.15) is 31.9 Å². The van der Waals surface area contributed by atoms with Crippen molar-refractivity contribution in [2.45, 2.75) is 32.6 Å². The maximum atomic E-state index is 10.5. The molecule has 0 aliphatic heterocycles. The summed E-state index contributed by atoms with van der Waals surface area (Å²) >= 11 is 0. The molecule has 0 spiro atoms. The van der Waals surface area contributed by atoms with Crippen LogP contribution in [0.15, 0.2) is 6.07 Å². The van der Waals surface area contributed by atoms with E-state index in [2.05, 4.69) is 22.2 Å². The lowest BCUT2D eigenvalue weighted by molar-refractivity contribution is -0.139. The lowest BCUT2D eigenvalue weighted by Gasteiger charge is -2.09. The van der Waals surface area contributed by atoms with Gasteiger partial charge < -0.3 is 15.2 Å². The number of rotatable bonds is 8. The fourth-order valence-electron chi connectivity index (χ4n) is 1.70. The Hall–Kier alpha value is -1.85. The van der Waals surface area contributed by atoms with Crippen LogP contribution in [0.5, 0.6) is 5.88 Å². The zero-order valence-electron chi connectivity index (χ0n) is 11.1. The molecule has 1 aliphatic rings. The topological polar surface area (TPSA) is 84.3 Å². The van der Waals surface area contributed by atoms with E-state index in [1.807, 2.05) is 0 Å². The van der Waals surface area contributed by atoms with Gasteiger partial charge in [-0.05, 0) is 25.2 Å². The van der Waals surface area contributed by atoms with E-state index in [0.717, 1.165) is 31.0 Å². The summed E-state index contributed by atoms with van der Waals surface area (Å²) in [5.74, 6) is 0.558. The molecule has 0 amide bonds. The van der Waals surface area contributed by atoms with E-state index in [1.165, 1.54) is 12.8 Å². The minimum atomic E-state index is -1.01. The van der Waals surface area contributed by atoms with Gasteiger partial charge in [0, 0.05) is 18.3 Å². The molecular weight excluding hydrogens is 246 g/mol. The molecule has 2 N–H and O–H groups in total. The summed E-state index contributed by atoms with van der Waals surface area (Å²) in [6, 6.07) is 1.70. The van der Waals surface area contributed by atoms with Crippen LogP contribution in [-0.4, -0.2) is 34.2 Å². The second kappa shape index (κ2) is 6.36. The molecule has 1 aliphatic carbocycles. The molecule has 2 rings (SSSR count). The molecule has 1 aromatic heterocycles. The third-order valence-corrected chi connectivity index (χ3v) is 2.85. The largest absolute Gasteiger partial charge is 0.479 e. The van der Waals surface area contributed by atoms with Gasteiger partial charge in [-0.2, -0.15) is 4.98 Å². The van der Waals surface area contributed by atoms with Crippen LogP contribution in [-0.2, 0) is 11.2 Å². The fourth-order valence-corrected chi connectivity index (χ4v) is 1.70. The Morgan fingerprint density at radius 3 is 2.95 bits per heavy atom. The molecular formula is C13H19N3O3. The van der Waals surface area contributed by atoms with Crippen molar-refractivity contribution in [3.8, 4) is 5.88 Å². The van der Waals surface area contributed by atoms with Crippen LogP contribution in [0.3, 0.4) is 0 Å². The first-order valence-electron chi connectivity index (χ1n) is 6.63. The highest BCUT2D eigenvalue weighted by molar-refractivity contribution is 5.68. The Bertz CT molecular complexity index is 447. The van der Waals surface area contributed by atoms with Gasteiger partial charge in [-0.1, -0.05) is 13.3 Å². The second-order valence-corrected chi connectivity index (χ2v) is 4.78. The Balaban J connectivity index is 2.03. The first-order chi connectivity index (χ1) is 9.17. The molecule has 104 valence electrons. The van der Waals surface area contributed by atoms with Gasteiger partial charge in [-0.15, -0.1) is 0 Å². The van der Waals surface area contributed by atoms with Crippen LogP contribution >= 0.6 is 0 Å². The Labute approximate surface area is 112 Å². The van der Waals surface area contributed by atoms with Gasteiger partial charge in [-0.3, -0.25) is 0 Å². The van der Waals surface area contributed by atoms with Gasteiger partial charge in [-0.25, -0.2) is 9.78 Å². The van der Waals surface area contributed by atoms with Crippen molar-refractivity contribution in [1.82, 2.24) is 9.97 Å². The number of carbonyl (C=O) groups is 1. The van der Waals surface area contributed by atoms with Crippen molar-refractivity contribution in [1.29, 1.82) is 0 Å². The fraction of sp³-hybridized carbons (Fsp3) is 0.615. The van der Waals surface area contributed by atoms with E-state index in [0.29, 0.717) is 11.8 Å². The lowest BCUT2D eigenvalue weighted by atomic mass is 10.2. The number of hydrogen-bond acceptors (Lipinski definition) is 5. The molecule has 0 saturated heterocycles. The van der Waals surface area contributed by atoms with Crippen LogP contribution in [0.25, 0.3) is 0 Å². The molecule has 19 heavy (non-hydrogen) atoms. The minimum absolute atomic E-state index is 0.319. The molecule has 0 unspecified atom stereocenters. The van der Waals surface area contributed by atoms with E-state index in [9.17, 15) is 4.79 Å². The number of carboxylic acids is 1. The Kier molecular flexibility index (Phi) is 4.54. The zero-order valence-corrected chi connectivity index (χ0v) is 11.1. The molecule has 0 aromatic carbocycles. The maximum absolute atomic E-state index is 10.5. The predicted molar refractivity (Wildman–Crippen MR) is 70.4 cm³/mol. The summed E-state index contributed by atoms with van der Waals surface area (Å²) < 4.78 is 5.13. The standard InChI is InChI=1S/C13H19N3O3/c1-2-3-10-6-11(19-8-12(17)18)16-13(15-10)14-7-9-4-5-9/h6,9H,2-5,7-8H2,1H3,(H,17,18)(H,14,15,16). The van der Waals surface area contributed by atoms with Crippen LogP contribution in [0, 0.1) is 5.92 Å². The SMILES string of the molecule is CCCc1cc(OCC(=O)O)nc(NCC2CC2)n1. The summed E-state index contributed by atoms with van der Waals surface area (Å²) in [7, 11) is 0. The van der Waals surface area contributed by atoms with Crippen molar-refractivity contribution in [3.63, 3.8) is 0 Å². The number of carboxylic acid groups (broad SMARTS) is 1. The molecule has 0 atom stereocenters. The molecule has 1 heterocycles. The summed E-state index contributed by atoms with van der Waals surface area (Å²) in [5.41, 5.74) is 0.871. The highest BCUT2D eigenvalue weighted by Crippen LogP contribution is 2.28. The molecule has 1 fully saturated rings. The van der Waals surface area contributed by atoms with Crippen molar-refractivity contribution >= 4 is 11.9 Å². The summed E-state index contributed by atoms with van der Waals surface area (Å²) in [6.07, 6.45) is 4.30. The quantitative estimate of drug-likeness (QED) is 0.744. The smallest absolute Gasteiger partial charge is 0.341 e. The summed E-state index contributed by atoms with van der Waals surface area (Å²) in [6.45, 7) is 2.55. The average molecular weight is 265 g/mol. The summed E-state index contributed by atoms with van der Waals surface area (Å²) in [4.78, 5) is 19.1. The third-order valence-electron chi connectivity index (χ3n) is 2.85. The first kappa shape index (κ1) is 13.6. The number of anilines is 1. The summed E-state index contributed by atoms with van der Waals surface area (Å²) in [5, 5.41) is 11.8. The van der Waals surface area contributed by atoms with Crippen molar-refractivity contribution < 1.29 is 14.6 Å². The van der Waals surface area contributed by atoms with Crippen molar-refractivity contribution in [2.75, 3.05) is 18.5 Å². The van der Waals surface area contributed by atoms with Gasteiger partial charge in [0.05, 0.1) is 0 Å². The normalized spacial score (nSPS) is 14.2. The first-order valence-corrected chi connectivity index (χ1v) is 6.63. The zero-order chi connectivity index (χ0) is 13.7. The van der Waals surface area contributed by atoms with E-state index < -0.39 is 5.97 Å². The number of hydrogen-bond donors (Lipinski definition) is 2. The maximum Gasteiger partial charge on any atom is 0.341 e. The minimum Gasteiger partial charge on any atom is -0.479 e. The molecule has 6 nitrogen and oxygen atoms in total. The van der Waals surface area contributed by atoms with E-state index in [1.54, 1.807) is 6.07 Å². The van der Waals surface area contributed by atoms with E-state index in [-0.39, 0.29) is 6.61 Å². The number of aliphatic carboxylic acids is 1. The van der Waals surface area contributed by atoms with Gasteiger partial charge in [0.25, 0.3) is 0 Å². The van der Waals surface area contributed by atoms with Gasteiger partial charge in [0.2, 0.25) is 11.8 Å². The number of aromatic nitrogens is 2. The highest BCUT2D eigenvalue weighted by Gasteiger charge is 2.21. The van der Waals surface area contributed by atoms with Crippen molar-refractivity contribution in [2.24, 2.45) is 5.92 Å². The number of nitrogens with one attached hydrogen (secondary N) is 1.